The molecule has 0 aliphatic rings. The van der Waals surface area contributed by atoms with Gasteiger partial charge >= 0.3 is 5.97 Å². The molecule has 0 heterocycles. The summed E-state index contributed by atoms with van der Waals surface area (Å²) in [5.41, 5.74) is 16.5. The average Bonchev–Trinajstić information content (AvgIpc) is 2.70. The number of carboxylic acid groups (broad SMARTS) is 1. The summed E-state index contributed by atoms with van der Waals surface area (Å²) >= 11 is 0. The third-order valence-electron chi connectivity index (χ3n) is 5.12. The molecule has 0 spiro atoms. The maximum absolute atomic E-state index is 13.0. The molecule has 0 radical (unpaired) electrons. The van der Waals surface area contributed by atoms with Crippen LogP contribution in [0.2, 0.25) is 0 Å². The number of nitrogens with two attached hydrogens (primary N) is 3. The van der Waals surface area contributed by atoms with Crippen molar-refractivity contribution in [1.82, 2.24) is 16.0 Å². The van der Waals surface area contributed by atoms with Gasteiger partial charge in [-0.15, -0.1) is 0 Å². The number of aliphatic imine (C=N–C) groups is 1. The molecule has 0 aliphatic heterocycles. The average molecular weight is 486 g/mol. The maximum Gasteiger partial charge on any atom is 0.326 e. The molecule has 0 aromatic carbocycles. The van der Waals surface area contributed by atoms with E-state index in [0.29, 0.717) is 19.4 Å². The number of rotatable bonds is 15. The molecule has 34 heavy (non-hydrogen) atoms. The van der Waals surface area contributed by atoms with E-state index in [-0.39, 0.29) is 30.1 Å². The van der Waals surface area contributed by atoms with E-state index < -0.39 is 47.9 Å². The van der Waals surface area contributed by atoms with E-state index in [9.17, 15) is 24.3 Å². The van der Waals surface area contributed by atoms with Crippen molar-refractivity contribution in [2.45, 2.75) is 85.0 Å². The Morgan fingerprint density at radius 2 is 1.29 bits per heavy atom. The van der Waals surface area contributed by atoms with Crippen molar-refractivity contribution in [3.05, 3.63) is 0 Å². The second kappa shape index (κ2) is 15.1. The molecular weight excluding hydrogens is 442 g/mol. The van der Waals surface area contributed by atoms with Crippen LogP contribution in [0.25, 0.3) is 0 Å². The third-order valence-corrected chi connectivity index (χ3v) is 5.12. The Kier molecular flexibility index (Phi) is 13.8. The van der Waals surface area contributed by atoms with Crippen LogP contribution in [-0.4, -0.2) is 65.5 Å². The summed E-state index contributed by atoms with van der Waals surface area (Å²) in [4.78, 5) is 53.7. The number of carboxylic acids is 1. The van der Waals surface area contributed by atoms with E-state index >= 15 is 0 Å². The molecule has 12 heteroatoms. The summed E-state index contributed by atoms with van der Waals surface area (Å²) in [6.45, 7) is 11.0. The zero-order valence-electron chi connectivity index (χ0n) is 21.1. The fourth-order valence-corrected chi connectivity index (χ4v) is 3.18. The molecule has 0 fully saturated rings. The van der Waals surface area contributed by atoms with Gasteiger partial charge in [0.1, 0.15) is 18.1 Å². The quantitative estimate of drug-likeness (QED) is 0.0888. The number of nitrogens with zero attached hydrogens (tertiary/aromatic N) is 1. The number of aliphatic carboxylic acids is 1. The SMILES string of the molecule is CC(C)CC(NC(=O)C(NC(=O)C(NC(=O)C(N)CCCN=C(N)N)C(C)C)C(C)C)C(=O)O. The first kappa shape index (κ1) is 31.1. The lowest BCUT2D eigenvalue weighted by atomic mass is 9.98. The van der Waals surface area contributed by atoms with Crippen LogP contribution in [0.5, 0.6) is 0 Å². The van der Waals surface area contributed by atoms with Crippen molar-refractivity contribution in [2.24, 2.45) is 39.9 Å². The van der Waals surface area contributed by atoms with E-state index in [1.54, 1.807) is 27.7 Å². The molecule has 196 valence electrons. The van der Waals surface area contributed by atoms with E-state index in [2.05, 4.69) is 20.9 Å². The van der Waals surface area contributed by atoms with Crippen LogP contribution in [0, 0.1) is 17.8 Å². The minimum Gasteiger partial charge on any atom is -0.480 e. The minimum absolute atomic E-state index is 0.0443. The van der Waals surface area contributed by atoms with Crippen molar-refractivity contribution in [2.75, 3.05) is 6.54 Å². The van der Waals surface area contributed by atoms with Gasteiger partial charge in [-0.25, -0.2) is 4.79 Å². The first-order valence-electron chi connectivity index (χ1n) is 11.6. The van der Waals surface area contributed by atoms with Gasteiger partial charge in [0.2, 0.25) is 17.7 Å². The molecule has 0 bridgehead atoms. The molecule has 4 atom stereocenters. The van der Waals surface area contributed by atoms with E-state index in [1.165, 1.54) is 0 Å². The Hall–Kier alpha value is -2.89. The van der Waals surface area contributed by atoms with Crippen molar-refractivity contribution in [3.8, 4) is 0 Å². The molecule has 3 amide bonds. The van der Waals surface area contributed by atoms with Gasteiger partial charge in [0.05, 0.1) is 6.04 Å². The van der Waals surface area contributed by atoms with Gasteiger partial charge in [0.25, 0.3) is 0 Å². The molecule has 0 rings (SSSR count). The Balaban J connectivity index is 5.23. The van der Waals surface area contributed by atoms with Crippen LogP contribution >= 0.6 is 0 Å². The standard InChI is InChI=1S/C22H43N7O5/c1-11(2)10-15(21(33)34)27-19(31)16(12(3)4)29-20(32)17(13(5)6)28-18(30)14(23)8-7-9-26-22(24)25/h11-17H,7-10,23H2,1-6H3,(H,27,31)(H,28,30)(H,29,32)(H,33,34)(H4,24,25,26). The van der Waals surface area contributed by atoms with Crippen LogP contribution in [-0.2, 0) is 19.2 Å². The summed E-state index contributed by atoms with van der Waals surface area (Å²) in [6, 6.07) is -3.84. The van der Waals surface area contributed by atoms with Gasteiger partial charge in [-0.3, -0.25) is 19.4 Å². The molecule has 12 nitrogen and oxygen atoms in total. The first-order valence-corrected chi connectivity index (χ1v) is 11.6. The molecule has 0 saturated carbocycles. The predicted octanol–water partition coefficient (Wildman–Crippen LogP) is -0.736. The highest BCUT2D eigenvalue weighted by atomic mass is 16.4. The molecule has 4 unspecified atom stereocenters. The van der Waals surface area contributed by atoms with E-state index in [4.69, 9.17) is 17.2 Å². The predicted molar refractivity (Wildman–Crippen MR) is 130 cm³/mol. The summed E-state index contributed by atoms with van der Waals surface area (Å²) < 4.78 is 0. The highest BCUT2D eigenvalue weighted by molar-refractivity contribution is 5.94. The third kappa shape index (κ3) is 11.8. The maximum atomic E-state index is 13.0. The zero-order valence-corrected chi connectivity index (χ0v) is 21.1. The number of guanidine groups is 1. The largest absolute Gasteiger partial charge is 0.480 e. The van der Waals surface area contributed by atoms with Crippen molar-refractivity contribution < 1.29 is 24.3 Å². The number of amides is 3. The molecule has 0 aliphatic carbocycles. The van der Waals surface area contributed by atoms with Gasteiger partial charge in [-0.1, -0.05) is 41.5 Å². The molecule has 10 N–H and O–H groups in total. The topological polar surface area (TPSA) is 215 Å². The lowest BCUT2D eigenvalue weighted by Crippen LogP contribution is -2.59. The summed E-state index contributed by atoms with van der Waals surface area (Å²) in [7, 11) is 0. The van der Waals surface area contributed by atoms with Crippen molar-refractivity contribution in [1.29, 1.82) is 0 Å². The lowest BCUT2D eigenvalue weighted by molar-refractivity contribution is -0.143. The fraction of sp³-hybridized carbons (Fsp3) is 0.773. The lowest BCUT2D eigenvalue weighted by Gasteiger charge is -2.28. The van der Waals surface area contributed by atoms with Crippen LogP contribution in [0.4, 0.5) is 0 Å². The number of carbonyl (C=O) groups is 4. The summed E-state index contributed by atoms with van der Waals surface area (Å²) in [6.07, 6.45) is 1.06. The zero-order chi connectivity index (χ0) is 26.6. The summed E-state index contributed by atoms with van der Waals surface area (Å²) in [5, 5.41) is 17.2. The normalized spacial score (nSPS) is 14.8. The van der Waals surface area contributed by atoms with Crippen LogP contribution in [0.1, 0.15) is 60.8 Å². The van der Waals surface area contributed by atoms with Crippen LogP contribution < -0.4 is 33.2 Å². The molecule has 0 aromatic heterocycles. The molecular formula is C22H43N7O5. The number of carbonyl (C=O) groups excluding carboxylic acids is 3. The summed E-state index contributed by atoms with van der Waals surface area (Å²) in [5.74, 6) is -3.40. The fourth-order valence-electron chi connectivity index (χ4n) is 3.18. The minimum atomic E-state index is -1.14. The van der Waals surface area contributed by atoms with E-state index in [0.717, 1.165) is 0 Å². The van der Waals surface area contributed by atoms with Gasteiger partial charge < -0.3 is 38.3 Å². The van der Waals surface area contributed by atoms with Crippen molar-refractivity contribution >= 4 is 29.7 Å². The smallest absolute Gasteiger partial charge is 0.326 e. The molecule has 0 saturated heterocycles. The Morgan fingerprint density at radius 1 is 0.824 bits per heavy atom. The van der Waals surface area contributed by atoms with E-state index in [1.807, 2.05) is 13.8 Å². The number of nitrogens with one attached hydrogen (secondary N) is 3. The number of hydrogen-bond donors (Lipinski definition) is 7. The second-order valence-corrected chi connectivity index (χ2v) is 9.54. The highest BCUT2D eigenvalue weighted by Crippen LogP contribution is 2.10. The van der Waals surface area contributed by atoms with Crippen LogP contribution in [0.3, 0.4) is 0 Å². The van der Waals surface area contributed by atoms with Gasteiger partial charge in [0.15, 0.2) is 5.96 Å². The monoisotopic (exact) mass is 485 g/mol. The Bertz CT molecular complexity index is 720. The van der Waals surface area contributed by atoms with Crippen molar-refractivity contribution in [3.63, 3.8) is 0 Å². The first-order chi connectivity index (χ1) is 15.7. The second-order valence-electron chi connectivity index (χ2n) is 9.54. The molecule has 0 aromatic rings. The van der Waals surface area contributed by atoms with Crippen LogP contribution in [0.15, 0.2) is 4.99 Å². The Morgan fingerprint density at radius 3 is 1.71 bits per heavy atom. The number of hydrogen-bond acceptors (Lipinski definition) is 6. The van der Waals surface area contributed by atoms with Gasteiger partial charge in [0, 0.05) is 6.54 Å². The van der Waals surface area contributed by atoms with Gasteiger partial charge in [-0.2, -0.15) is 0 Å². The Labute approximate surface area is 201 Å². The highest BCUT2D eigenvalue weighted by Gasteiger charge is 2.33. The van der Waals surface area contributed by atoms with Gasteiger partial charge in [-0.05, 0) is 37.0 Å².